The number of rotatable bonds is 4. The molecule has 1 aromatic carbocycles. The van der Waals surface area contributed by atoms with Crippen LogP contribution in [0.1, 0.15) is 89.8 Å². The van der Waals surface area contributed by atoms with E-state index < -0.39 is 5.60 Å². The largest absolute Gasteiger partial charge is 0.496 e. The van der Waals surface area contributed by atoms with Gasteiger partial charge in [0.1, 0.15) is 11.4 Å². The van der Waals surface area contributed by atoms with Crippen LogP contribution in [0.25, 0.3) is 5.57 Å². The molecule has 0 aliphatic heterocycles. The average Bonchev–Trinajstić information content (AvgIpc) is 2.61. The van der Waals surface area contributed by atoms with Crippen LogP contribution in [0.2, 0.25) is 0 Å². The standard InChI is InChI=1S/C26H38O3/c1-17(2)20-14-19-13-18-11-9-8-10-12-26(6,21(19)15-23(20)28-7)22(18)16-24(27)29-25(3,4)5/h14-15,18,22H,1,8-13,16H2,2-7H3. The smallest absolute Gasteiger partial charge is 0.306 e. The zero-order valence-corrected chi connectivity index (χ0v) is 19.2. The van der Waals surface area contributed by atoms with Crippen molar-refractivity contribution in [2.24, 2.45) is 11.8 Å². The Bertz CT molecular complexity index is 786. The SMILES string of the molecule is C=C(C)c1cc2c(cc1OC)C1(C)CCCCCC(C2)C1CC(=O)OC(C)(C)C. The summed E-state index contributed by atoms with van der Waals surface area (Å²) >= 11 is 0. The van der Waals surface area contributed by atoms with E-state index in [1.54, 1.807) is 7.11 Å². The highest BCUT2D eigenvalue weighted by Gasteiger charge is 2.47. The van der Waals surface area contributed by atoms with Gasteiger partial charge in [-0.05, 0) is 93.0 Å². The van der Waals surface area contributed by atoms with Crippen molar-refractivity contribution in [1.82, 2.24) is 0 Å². The van der Waals surface area contributed by atoms with E-state index in [9.17, 15) is 4.79 Å². The van der Waals surface area contributed by atoms with E-state index in [1.807, 2.05) is 27.7 Å². The van der Waals surface area contributed by atoms with E-state index in [2.05, 4.69) is 25.6 Å². The fourth-order valence-corrected chi connectivity index (χ4v) is 5.63. The molecule has 3 unspecified atom stereocenters. The van der Waals surface area contributed by atoms with E-state index in [4.69, 9.17) is 9.47 Å². The molecular weight excluding hydrogens is 360 g/mol. The van der Waals surface area contributed by atoms with Gasteiger partial charge >= 0.3 is 5.97 Å². The Morgan fingerprint density at radius 2 is 1.97 bits per heavy atom. The van der Waals surface area contributed by atoms with Crippen LogP contribution >= 0.6 is 0 Å². The molecule has 3 heteroatoms. The normalized spacial score (nSPS) is 26.7. The molecule has 0 aromatic heterocycles. The molecule has 1 aromatic rings. The second-order valence-electron chi connectivity index (χ2n) is 10.4. The number of methoxy groups -OCH3 is 1. The Morgan fingerprint density at radius 3 is 2.59 bits per heavy atom. The second kappa shape index (κ2) is 8.16. The van der Waals surface area contributed by atoms with E-state index in [1.165, 1.54) is 36.8 Å². The molecular formula is C26H38O3. The first-order valence-corrected chi connectivity index (χ1v) is 11.1. The predicted molar refractivity (Wildman–Crippen MR) is 119 cm³/mol. The van der Waals surface area contributed by atoms with Gasteiger partial charge in [0.05, 0.1) is 7.11 Å². The fraction of sp³-hybridized carbons (Fsp3) is 0.654. The number of hydrogen-bond donors (Lipinski definition) is 0. The lowest BCUT2D eigenvalue weighted by Gasteiger charge is -2.49. The lowest BCUT2D eigenvalue weighted by atomic mass is 9.55. The van der Waals surface area contributed by atoms with Gasteiger partial charge in [0, 0.05) is 12.0 Å². The van der Waals surface area contributed by atoms with Crippen molar-refractivity contribution in [1.29, 1.82) is 0 Å². The van der Waals surface area contributed by atoms with Crippen molar-refractivity contribution in [3.8, 4) is 5.75 Å². The third-order valence-electron chi connectivity index (χ3n) is 6.95. The summed E-state index contributed by atoms with van der Waals surface area (Å²) in [7, 11) is 1.73. The molecule has 1 saturated carbocycles. The van der Waals surface area contributed by atoms with Gasteiger partial charge in [-0.25, -0.2) is 0 Å². The van der Waals surface area contributed by atoms with Crippen molar-refractivity contribution in [2.75, 3.05) is 7.11 Å². The highest BCUT2D eigenvalue weighted by atomic mass is 16.6. The summed E-state index contributed by atoms with van der Waals surface area (Å²) in [5.74, 6) is 1.67. The maximum atomic E-state index is 12.8. The van der Waals surface area contributed by atoms with Crippen LogP contribution in [-0.4, -0.2) is 18.7 Å². The van der Waals surface area contributed by atoms with Crippen LogP contribution in [0.5, 0.6) is 5.75 Å². The maximum absolute atomic E-state index is 12.8. The van der Waals surface area contributed by atoms with Crippen LogP contribution in [0.4, 0.5) is 0 Å². The topological polar surface area (TPSA) is 35.5 Å². The zero-order valence-electron chi connectivity index (χ0n) is 19.2. The van der Waals surface area contributed by atoms with Crippen molar-refractivity contribution in [3.05, 3.63) is 35.4 Å². The molecule has 1 fully saturated rings. The molecule has 3 atom stereocenters. The van der Waals surface area contributed by atoms with Crippen molar-refractivity contribution >= 4 is 11.5 Å². The Morgan fingerprint density at radius 1 is 1.24 bits per heavy atom. The summed E-state index contributed by atoms with van der Waals surface area (Å²) in [6.45, 7) is 14.4. The number of hydrogen-bond acceptors (Lipinski definition) is 3. The van der Waals surface area contributed by atoms with Crippen LogP contribution in [0, 0.1) is 11.8 Å². The maximum Gasteiger partial charge on any atom is 0.306 e. The third kappa shape index (κ3) is 4.54. The first-order valence-electron chi connectivity index (χ1n) is 11.1. The summed E-state index contributed by atoms with van der Waals surface area (Å²) in [5.41, 5.74) is 4.45. The molecule has 0 saturated heterocycles. The van der Waals surface area contributed by atoms with Crippen LogP contribution in [0.15, 0.2) is 18.7 Å². The summed E-state index contributed by atoms with van der Waals surface area (Å²) in [6, 6.07) is 4.53. The van der Waals surface area contributed by atoms with Crippen LogP contribution < -0.4 is 4.74 Å². The number of fused-ring (bicyclic) bond motifs is 4. The number of ether oxygens (including phenoxy) is 2. The number of benzene rings is 1. The number of carbonyl (C=O) groups is 1. The van der Waals surface area contributed by atoms with E-state index in [-0.39, 0.29) is 11.4 Å². The molecule has 160 valence electrons. The Kier molecular flexibility index (Phi) is 6.17. The van der Waals surface area contributed by atoms with Crippen LogP contribution in [0.3, 0.4) is 0 Å². The van der Waals surface area contributed by atoms with Gasteiger partial charge in [-0.1, -0.05) is 32.8 Å². The second-order valence-corrected chi connectivity index (χ2v) is 10.4. The highest BCUT2D eigenvalue weighted by Crippen LogP contribution is 2.53. The first kappa shape index (κ1) is 21.9. The van der Waals surface area contributed by atoms with Crippen molar-refractivity contribution in [2.45, 2.75) is 90.6 Å². The quantitative estimate of drug-likeness (QED) is 0.545. The number of carbonyl (C=O) groups excluding carboxylic acids is 1. The van der Waals surface area contributed by atoms with Gasteiger partial charge in [-0.15, -0.1) is 0 Å². The lowest BCUT2D eigenvalue weighted by molar-refractivity contribution is -0.157. The van der Waals surface area contributed by atoms with Crippen molar-refractivity contribution in [3.63, 3.8) is 0 Å². The number of esters is 1. The number of allylic oxidation sites excluding steroid dienone is 1. The molecule has 0 radical (unpaired) electrons. The Labute approximate surface area is 176 Å². The monoisotopic (exact) mass is 398 g/mol. The third-order valence-corrected chi connectivity index (χ3v) is 6.95. The predicted octanol–water partition coefficient (Wildman–Crippen LogP) is 6.47. The van der Waals surface area contributed by atoms with Gasteiger partial charge in [0.25, 0.3) is 0 Å². The summed E-state index contributed by atoms with van der Waals surface area (Å²) in [4.78, 5) is 12.8. The molecule has 2 bridgehead atoms. The van der Waals surface area contributed by atoms with Gasteiger partial charge < -0.3 is 9.47 Å². The van der Waals surface area contributed by atoms with Gasteiger partial charge in [0.2, 0.25) is 0 Å². The molecule has 0 amide bonds. The van der Waals surface area contributed by atoms with Gasteiger partial charge in [0.15, 0.2) is 0 Å². The average molecular weight is 399 g/mol. The minimum atomic E-state index is -0.438. The summed E-state index contributed by atoms with van der Waals surface area (Å²) < 4.78 is 11.5. The molecule has 29 heavy (non-hydrogen) atoms. The summed E-state index contributed by atoms with van der Waals surface area (Å²) in [5, 5.41) is 0. The molecule has 0 N–H and O–H groups in total. The minimum absolute atomic E-state index is 0.0313. The molecule has 0 heterocycles. The lowest BCUT2D eigenvalue weighted by Crippen LogP contribution is -2.45. The molecule has 2 aliphatic rings. The zero-order chi connectivity index (χ0) is 21.4. The minimum Gasteiger partial charge on any atom is -0.496 e. The summed E-state index contributed by atoms with van der Waals surface area (Å²) in [6.07, 6.45) is 7.57. The Hall–Kier alpha value is -1.77. The van der Waals surface area contributed by atoms with E-state index >= 15 is 0 Å². The first-order chi connectivity index (χ1) is 13.5. The van der Waals surface area contributed by atoms with E-state index in [0.717, 1.165) is 29.7 Å². The van der Waals surface area contributed by atoms with Gasteiger partial charge in [-0.3, -0.25) is 4.79 Å². The fourth-order valence-electron chi connectivity index (χ4n) is 5.63. The highest BCUT2D eigenvalue weighted by molar-refractivity contribution is 5.72. The Balaban J connectivity index is 2.06. The molecule has 2 aliphatic carbocycles. The molecule has 3 rings (SSSR count). The molecule has 0 spiro atoms. The molecule has 3 nitrogen and oxygen atoms in total. The van der Waals surface area contributed by atoms with Crippen LogP contribution in [-0.2, 0) is 21.4 Å². The van der Waals surface area contributed by atoms with Gasteiger partial charge in [-0.2, -0.15) is 0 Å². The van der Waals surface area contributed by atoms with E-state index in [0.29, 0.717) is 18.3 Å². The van der Waals surface area contributed by atoms with Crippen molar-refractivity contribution < 1.29 is 14.3 Å².